The van der Waals surface area contributed by atoms with Crippen molar-refractivity contribution in [2.75, 3.05) is 7.05 Å². The van der Waals surface area contributed by atoms with E-state index in [9.17, 15) is 0 Å². The van der Waals surface area contributed by atoms with Gasteiger partial charge in [-0.1, -0.05) is 39.0 Å². The Hall–Kier alpha value is -0.820. The second-order valence-electron chi connectivity index (χ2n) is 5.75. The van der Waals surface area contributed by atoms with Gasteiger partial charge in [0.05, 0.1) is 0 Å². The van der Waals surface area contributed by atoms with Crippen molar-refractivity contribution >= 4 is 0 Å². The molecule has 0 aliphatic heterocycles. The van der Waals surface area contributed by atoms with Crippen LogP contribution < -0.4 is 5.32 Å². The SMILES string of the molecule is CNC(c1ccc2c(c1)CCC2)C(C)C(C)C. The van der Waals surface area contributed by atoms with Crippen LogP contribution in [0.4, 0.5) is 0 Å². The Labute approximate surface area is 106 Å². The third-order valence-corrected chi connectivity index (χ3v) is 4.37. The van der Waals surface area contributed by atoms with Crippen molar-refractivity contribution in [3.63, 3.8) is 0 Å². The summed E-state index contributed by atoms with van der Waals surface area (Å²) in [5.74, 6) is 1.38. The third-order valence-electron chi connectivity index (χ3n) is 4.37. The molecule has 1 aliphatic rings. The monoisotopic (exact) mass is 231 g/mol. The summed E-state index contributed by atoms with van der Waals surface area (Å²) < 4.78 is 0. The summed E-state index contributed by atoms with van der Waals surface area (Å²) in [6.45, 7) is 6.96. The van der Waals surface area contributed by atoms with Crippen molar-refractivity contribution in [3.05, 3.63) is 34.9 Å². The Balaban J connectivity index is 2.25. The minimum atomic E-state index is 0.487. The molecule has 2 unspecified atom stereocenters. The Morgan fingerprint density at radius 2 is 1.76 bits per heavy atom. The lowest BCUT2D eigenvalue weighted by molar-refractivity contribution is 0.317. The molecule has 94 valence electrons. The van der Waals surface area contributed by atoms with Crippen molar-refractivity contribution in [1.82, 2.24) is 5.32 Å². The lowest BCUT2D eigenvalue weighted by Gasteiger charge is -2.27. The average Bonchev–Trinajstić information content (AvgIpc) is 2.77. The van der Waals surface area contributed by atoms with Crippen LogP contribution >= 0.6 is 0 Å². The van der Waals surface area contributed by atoms with Crippen LogP contribution in [0.2, 0.25) is 0 Å². The number of rotatable bonds is 4. The minimum Gasteiger partial charge on any atom is -0.313 e. The highest BCUT2D eigenvalue weighted by atomic mass is 14.9. The summed E-state index contributed by atoms with van der Waals surface area (Å²) in [4.78, 5) is 0. The molecule has 2 rings (SSSR count). The number of fused-ring (bicyclic) bond motifs is 1. The summed E-state index contributed by atoms with van der Waals surface area (Å²) in [5.41, 5.74) is 4.62. The van der Waals surface area contributed by atoms with Gasteiger partial charge in [0.2, 0.25) is 0 Å². The van der Waals surface area contributed by atoms with Gasteiger partial charge in [0.25, 0.3) is 0 Å². The predicted molar refractivity (Wildman–Crippen MR) is 74.3 cm³/mol. The van der Waals surface area contributed by atoms with E-state index in [2.05, 4.69) is 51.3 Å². The number of hydrogen-bond donors (Lipinski definition) is 1. The molecular weight excluding hydrogens is 206 g/mol. The molecule has 0 saturated carbocycles. The van der Waals surface area contributed by atoms with Crippen LogP contribution in [0.3, 0.4) is 0 Å². The molecule has 1 heteroatoms. The number of aryl methyl sites for hydroxylation is 2. The second kappa shape index (κ2) is 5.22. The maximum absolute atomic E-state index is 3.49. The second-order valence-corrected chi connectivity index (χ2v) is 5.75. The summed E-state index contributed by atoms with van der Waals surface area (Å²) in [6.07, 6.45) is 3.89. The van der Waals surface area contributed by atoms with Crippen LogP contribution in [0.5, 0.6) is 0 Å². The number of benzene rings is 1. The zero-order chi connectivity index (χ0) is 12.4. The molecule has 0 amide bonds. The van der Waals surface area contributed by atoms with Crippen LogP contribution in [0.1, 0.15) is 49.9 Å². The highest BCUT2D eigenvalue weighted by molar-refractivity contribution is 5.36. The molecule has 1 nitrogen and oxygen atoms in total. The zero-order valence-electron chi connectivity index (χ0n) is 11.6. The van der Waals surface area contributed by atoms with E-state index < -0.39 is 0 Å². The topological polar surface area (TPSA) is 12.0 Å². The van der Waals surface area contributed by atoms with Gasteiger partial charge in [0, 0.05) is 6.04 Å². The van der Waals surface area contributed by atoms with Gasteiger partial charge >= 0.3 is 0 Å². The van der Waals surface area contributed by atoms with E-state index in [4.69, 9.17) is 0 Å². The van der Waals surface area contributed by atoms with Gasteiger partial charge in [-0.15, -0.1) is 0 Å². The number of nitrogens with one attached hydrogen (secondary N) is 1. The Kier molecular flexibility index (Phi) is 3.88. The first kappa shape index (κ1) is 12.6. The maximum Gasteiger partial charge on any atom is 0.0346 e. The Bertz CT molecular complexity index is 381. The van der Waals surface area contributed by atoms with Gasteiger partial charge in [-0.2, -0.15) is 0 Å². The predicted octanol–water partition coefficient (Wildman–Crippen LogP) is 3.73. The molecule has 0 radical (unpaired) electrons. The van der Waals surface area contributed by atoms with Crippen LogP contribution in [0, 0.1) is 11.8 Å². The molecule has 0 bridgehead atoms. The molecule has 0 heterocycles. The van der Waals surface area contributed by atoms with Crippen molar-refractivity contribution in [1.29, 1.82) is 0 Å². The fourth-order valence-electron chi connectivity index (χ4n) is 2.90. The molecule has 0 spiro atoms. The molecule has 0 saturated heterocycles. The van der Waals surface area contributed by atoms with Gasteiger partial charge in [0.1, 0.15) is 0 Å². The van der Waals surface area contributed by atoms with Gasteiger partial charge in [-0.3, -0.25) is 0 Å². The van der Waals surface area contributed by atoms with E-state index in [0.717, 1.165) is 0 Å². The van der Waals surface area contributed by atoms with Crippen LogP contribution in [0.15, 0.2) is 18.2 Å². The fourth-order valence-corrected chi connectivity index (χ4v) is 2.90. The summed E-state index contributed by atoms with van der Waals surface area (Å²) in [5, 5.41) is 3.49. The first-order valence-corrected chi connectivity index (χ1v) is 6.92. The van der Waals surface area contributed by atoms with Gasteiger partial charge in [-0.05, 0) is 54.8 Å². The van der Waals surface area contributed by atoms with Gasteiger partial charge in [0.15, 0.2) is 0 Å². The smallest absolute Gasteiger partial charge is 0.0346 e. The average molecular weight is 231 g/mol. The molecule has 1 aromatic rings. The van der Waals surface area contributed by atoms with E-state index in [0.29, 0.717) is 17.9 Å². The van der Waals surface area contributed by atoms with E-state index in [-0.39, 0.29) is 0 Å². The summed E-state index contributed by atoms with van der Waals surface area (Å²) in [6, 6.07) is 7.59. The molecule has 0 aromatic heterocycles. The van der Waals surface area contributed by atoms with Crippen LogP contribution in [-0.2, 0) is 12.8 Å². The molecule has 1 aromatic carbocycles. The van der Waals surface area contributed by atoms with E-state index in [1.54, 1.807) is 11.1 Å². The highest BCUT2D eigenvalue weighted by Crippen LogP contribution is 2.31. The molecule has 2 atom stereocenters. The Morgan fingerprint density at radius 1 is 1.06 bits per heavy atom. The quantitative estimate of drug-likeness (QED) is 0.832. The van der Waals surface area contributed by atoms with Gasteiger partial charge < -0.3 is 5.32 Å². The summed E-state index contributed by atoms with van der Waals surface area (Å²) in [7, 11) is 2.08. The molecule has 1 N–H and O–H groups in total. The van der Waals surface area contributed by atoms with Crippen molar-refractivity contribution in [2.24, 2.45) is 11.8 Å². The van der Waals surface area contributed by atoms with E-state index in [1.807, 2.05) is 0 Å². The molecule has 0 fully saturated rings. The third kappa shape index (κ3) is 2.55. The Morgan fingerprint density at radius 3 is 2.41 bits per heavy atom. The van der Waals surface area contributed by atoms with Crippen molar-refractivity contribution < 1.29 is 0 Å². The lowest BCUT2D eigenvalue weighted by atomic mass is 9.85. The van der Waals surface area contributed by atoms with Crippen molar-refractivity contribution in [2.45, 2.75) is 46.1 Å². The largest absolute Gasteiger partial charge is 0.313 e. The zero-order valence-corrected chi connectivity index (χ0v) is 11.6. The first-order chi connectivity index (χ1) is 8.13. The van der Waals surface area contributed by atoms with Crippen molar-refractivity contribution in [3.8, 4) is 0 Å². The minimum absolute atomic E-state index is 0.487. The maximum atomic E-state index is 3.49. The normalized spacial score (nSPS) is 18.2. The highest BCUT2D eigenvalue weighted by Gasteiger charge is 2.21. The molecule has 1 aliphatic carbocycles. The van der Waals surface area contributed by atoms with Crippen LogP contribution in [-0.4, -0.2) is 7.05 Å². The van der Waals surface area contributed by atoms with E-state index >= 15 is 0 Å². The number of hydrogen-bond acceptors (Lipinski definition) is 1. The van der Waals surface area contributed by atoms with E-state index in [1.165, 1.54) is 24.8 Å². The molecular formula is C16H25N. The molecule has 17 heavy (non-hydrogen) atoms. The standard InChI is InChI=1S/C16H25N/c1-11(2)12(3)16(17-4)15-9-8-13-6-5-7-14(13)10-15/h8-12,16-17H,5-7H2,1-4H3. The van der Waals surface area contributed by atoms with Crippen LogP contribution in [0.25, 0.3) is 0 Å². The van der Waals surface area contributed by atoms with Gasteiger partial charge in [-0.25, -0.2) is 0 Å². The summed E-state index contributed by atoms with van der Waals surface area (Å²) >= 11 is 0. The fraction of sp³-hybridized carbons (Fsp3) is 0.625. The first-order valence-electron chi connectivity index (χ1n) is 6.92. The lowest BCUT2D eigenvalue weighted by Crippen LogP contribution is -2.26.